The van der Waals surface area contributed by atoms with E-state index >= 15 is 0 Å². The minimum Gasteiger partial charge on any atom is -0.484 e. The van der Waals surface area contributed by atoms with Crippen molar-refractivity contribution in [2.24, 2.45) is 0 Å². The molecule has 1 aromatic heterocycles. The summed E-state index contributed by atoms with van der Waals surface area (Å²) in [6.45, 7) is -0.0222. The van der Waals surface area contributed by atoms with Gasteiger partial charge in [0, 0.05) is 11.6 Å². The average Bonchev–Trinajstić information content (AvgIpc) is 3.04. The van der Waals surface area contributed by atoms with Crippen molar-refractivity contribution < 1.29 is 22.4 Å². The van der Waals surface area contributed by atoms with E-state index in [0.717, 1.165) is 12.1 Å². The van der Waals surface area contributed by atoms with Crippen molar-refractivity contribution in [2.45, 2.75) is 12.8 Å². The summed E-state index contributed by atoms with van der Waals surface area (Å²) in [6, 6.07) is 9.21. The van der Waals surface area contributed by atoms with E-state index < -0.39 is 11.7 Å². The maximum Gasteiger partial charge on any atom is 0.416 e. The molecule has 0 aliphatic heterocycles. The Morgan fingerprint density at radius 1 is 1.00 bits per heavy atom. The summed E-state index contributed by atoms with van der Waals surface area (Å²) in [5, 5.41) is 4.47. The van der Waals surface area contributed by atoms with E-state index in [1.165, 1.54) is 18.2 Å². The SMILES string of the molecule is FC(F)(F)c1ccc(-c2noc(COc3ccc(Cl)c(Cl)c3)n2)cc1. The molecule has 0 saturated carbocycles. The Labute approximate surface area is 150 Å². The second-order valence-corrected chi connectivity index (χ2v) is 5.77. The lowest BCUT2D eigenvalue weighted by molar-refractivity contribution is -0.137. The molecule has 0 bridgehead atoms. The lowest BCUT2D eigenvalue weighted by atomic mass is 10.1. The number of hydrogen-bond acceptors (Lipinski definition) is 4. The van der Waals surface area contributed by atoms with Crippen molar-refractivity contribution in [3.63, 3.8) is 0 Å². The van der Waals surface area contributed by atoms with Crippen LogP contribution in [0.25, 0.3) is 11.4 Å². The normalized spacial score (nSPS) is 11.6. The van der Waals surface area contributed by atoms with E-state index in [4.69, 9.17) is 32.5 Å². The molecule has 1 heterocycles. The summed E-state index contributed by atoms with van der Waals surface area (Å²) in [7, 11) is 0. The van der Waals surface area contributed by atoms with E-state index in [2.05, 4.69) is 10.1 Å². The zero-order chi connectivity index (χ0) is 18.0. The molecule has 3 rings (SSSR count). The highest BCUT2D eigenvalue weighted by molar-refractivity contribution is 6.42. The summed E-state index contributed by atoms with van der Waals surface area (Å²) < 4.78 is 48.1. The van der Waals surface area contributed by atoms with Gasteiger partial charge in [-0.2, -0.15) is 18.2 Å². The van der Waals surface area contributed by atoms with Crippen LogP contribution < -0.4 is 4.74 Å². The van der Waals surface area contributed by atoms with Crippen LogP contribution in [0.1, 0.15) is 11.5 Å². The number of aromatic nitrogens is 2. The smallest absolute Gasteiger partial charge is 0.416 e. The topological polar surface area (TPSA) is 48.2 Å². The first-order valence-electron chi connectivity index (χ1n) is 6.91. The Balaban J connectivity index is 1.68. The van der Waals surface area contributed by atoms with Gasteiger partial charge in [0.1, 0.15) is 5.75 Å². The highest BCUT2D eigenvalue weighted by Crippen LogP contribution is 2.30. The fourth-order valence-corrected chi connectivity index (χ4v) is 2.24. The van der Waals surface area contributed by atoms with Crippen molar-refractivity contribution in [3.8, 4) is 17.1 Å². The highest BCUT2D eigenvalue weighted by Gasteiger charge is 2.30. The molecule has 0 amide bonds. The second-order valence-electron chi connectivity index (χ2n) is 4.95. The Kier molecular flexibility index (Phi) is 4.87. The molecule has 25 heavy (non-hydrogen) atoms. The molecule has 3 aromatic rings. The summed E-state index contributed by atoms with van der Waals surface area (Å²) >= 11 is 11.7. The third-order valence-electron chi connectivity index (χ3n) is 3.19. The molecular weight excluding hydrogens is 380 g/mol. The standard InChI is InChI=1S/C16H9Cl2F3N2O2/c17-12-6-5-11(7-13(12)18)24-8-14-22-15(23-25-14)9-1-3-10(4-2-9)16(19,20)21/h1-7H,8H2. The zero-order valence-corrected chi connectivity index (χ0v) is 13.9. The summed E-state index contributed by atoms with van der Waals surface area (Å²) in [5.74, 6) is 0.797. The lowest BCUT2D eigenvalue weighted by Crippen LogP contribution is -2.04. The Morgan fingerprint density at radius 3 is 2.36 bits per heavy atom. The molecule has 4 nitrogen and oxygen atoms in total. The molecule has 0 radical (unpaired) electrons. The lowest BCUT2D eigenvalue weighted by Gasteiger charge is -2.05. The van der Waals surface area contributed by atoms with Gasteiger partial charge in [-0.05, 0) is 24.3 Å². The van der Waals surface area contributed by atoms with Gasteiger partial charge in [-0.15, -0.1) is 0 Å². The molecule has 0 aliphatic rings. The highest BCUT2D eigenvalue weighted by atomic mass is 35.5. The number of benzene rings is 2. The van der Waals surface area contributed by atoms with Gasteiger partial charge < -0.3 is 9.26 Å². The number of halogens is 5. The molecule has 2 aromatic carbocycles. The molecule has 0 aliphatic carbocycles. The van der Waals surface area contributed by atoms with Crippen molar-refractivity contribution in [1.82, 2.24) is 10.1 Å². The van der Waals surface area contributed by atoms with Crippen LogP contribution in [0.15, 0.2) is 47.0 Å². The maximum absolute atomic E-state index is 12.6. The van der Waals surface area contributed by atoms with Gasteiger partial charge >= 0.3 is 6.18 Å². The predicted octanol–water partition coefficient (Wildman–Crippen LogP) is 5.64. The van der Waals surface area contributed by atoms with Gasteiger partial charge in [0.15, 0.2) is 6.61 Å². The minimum absolute atomic E-state index is 0.0222. The Bertz CT molecular complexity index is 880. The molecular formula is C16H9Cl2F3N2O2. The number of alkyl halides is 3. The molecule has 0 saturated heterocycles. The first-order valence-corrected chi connectivity index (χ1v) is 7.66. The molecule has 0 spiro atoms. The molecule has 0 unspecified atom stereocenters. The fraction of sp³-hybridized carbons (Fsp3) is 0.125. The van der Waals surface area contributed by atoms with Gasteiger partial charge in [-0.1, -0.05) is 40.5 Å². The van der Waals surface area contributed by atoms with Crippen molar-refractivity contribution in [3.05, 3.63) is 64.0 Å². The van der Waals surface area contributed by atoms with Crippen LogP contribution in [0, 0.1) is 0 Å². The van der Waals surface area contributed by atoms with E-state index in [1.807, 2.05) is 0 Å². The first-order chi connectivity index (χ1) is 11.8. The van der Waals surface area contributed by atoms with Gasteiger partial charge in [-0.25, -0.2) is 0 Å². The average molecular weight is 389 g/mol. The first kappa shape index (κ1) is 17.6. The monoisotopic (exact) mass is 388 g/mol. The van der Waals surface area contributed by atoms with Crippen molar-refractivity contribution in [1.29, 1.82) is 0 Å². The second kappa shape index (κ2) is 6.93. The predicted molar refractivity (Wildman–Crippen MR) is 85.5 cm³/mol. The van der Waals surface area contributed by atoms with Crippen LogP contribution in [0.4, 0.5) is 13.2 Å². The van der Waals surface area contributed by atoms with E-state index in [-0.39, 0.29) is 18.3 Å². The maximum atomic E-state index is 12.6. The summed E-state index contributed by atoms with van der Waals surface area (Å²) in [4.78, 5) is 4.08. The van der Waals surface area contributed by atoms with Gasteiger partial charge in [0.25, 0.3) is 5.89 Å². The molecule has 0 N–H and O–H groups in total. The molecule has 9 heteroatoms. The molecule has 0 fully saturated rings. The number of hydrogen-bond donors (Lipinski definition) is 0. The summed E-state index contributed by atoms with van der Waals surface area (Å²) in [5.41, 5.74) is -0.347. The number of ether oxygens (including phenoxy) is 1. The third-order valence-corrected chi connectivity index (χ3v) is 3.93. The number of rotatable bonds is 4. The van der Waals surface area contributed by atoms with E-state index in [0.29, 0.717) is 21.4 Å². The van der Waals surface area contributed by atoms with Gasteiger partial charge in [0.05, 0.1) is 15.6 Å². The quantitative estimate of drug-likeness (QED) is 0.579. The van der Waals surface area contributed by atoms with Crippen molar-refractivity contribution >= 4 is 23.2 Å². The Morgan fingerprint density at radius 2 is 1.72 bits per heavy atom. The third kappa shape index (κ3) is 4.24. The summed E-state index contributed by atoms with van der Waals surface area (Å²) in [6.07, 6.45) is -4.39. The van der Waals surface area contributed by atoms with Crippen LogP contribution in [-0.4, -0.2) is 10.1 Å². The van der Waals surface area contributed by atoms with E-state index in [9.17, 15) is 13.2 Å². The molecule has 0 atom stereocenters. The van der Waals surface area contributed by atoms with Crippen LogP contribution in [0.3, 0.4) is 0 Å². The van der Waals surface area contributed by atoms with Crippen molar-refractivity contribution in [2.75, 3.05) is 0 Å². The van der Waals surface area contributed by atoms with E-state index in [1.54, 1.807) is 12.1 Å². The largest absolute Gasteiger partial charge is 0.484 e. The number of nitrogens with zero attached hydrogens (tertiary/aromatic N) is 2. The van der Waals surface area contributed by atoms with Gasteiger partial charge in [-0.3, -0.25) is 0 Å². The zero-order valence-electron chi connectivity index (χ0n) is 12.3. The van der Waals surface area contributed by atoms with Crippen LogP contribution in [0.5, 0.6) is 5.75 Å². The molecule has 130 valence electrons. The fourth-order valence-electron chi connectivity index (χ4n) is 1.95. The van der Waals surface area contributed by atoms with Crippen LogP contribution >= 0.6 is 23.2 Å². The minimum atomic E-state index is -4.39. The van der Waals surface area contributed by atoms with Crippen LogP contribution in [-0.2, 0) is 12.8 Å². The Hall–Kier alpha value is -2.25. The van der Waals surface area contributed by atoms with Gasteiger partial charge in [0.2, 0.25) is 5.82 Å². The van der Waals surface area contributed by atoms with Crippen LogP contribution in [0.2, 0.25) is 10.0 Å².